The van der Waals surface area contributed by atoms with Gasteiger partial charge in [-0.2, -0.15) is 9.94 Å². The van der Waals surface area contributed by atoms with Crippen LogP contribution in [0.4, 0.5) is 4.79 Å². The lowest BCUT2D eigenvalue weighted by Gasteiger charge is -1.97. The lowest BCUT2D eigenvalue weighted by atomic mass is 10.4. The third-order valence-electron chi connectivity index (χ3n) is 1.74. The summed E-state index contributed by atoms with van der Waals surface area (Å²) >= 11 is 0. The van der Waals surface area contributed by atoms with E-state index in [1.54, 1.807) is 6.92 Å². The zero-order chi connectivity index (χ0) is 10.8. The third-order valence-corrected chi connectivity index (χ3v) is 1.74. The molecule has 0 N–H and O–H groups in total. The predicted octanol–water partition coefficient (Wildman–Crippen LogP) is -0.434. The molecule has 74 valence electrons. The first-order valence-corrected chi connectivity index (χ1v) is 3.97. The average Bonchev–Trinajstić information content (AvgIpc) is 2.85. The lowest BCUT2D eigenvalue weighted by Crippen LogP contribution is -2.22. The molecule has 2 aromatic heterocycles. The van der Waals surface area contributed by atoms with Crippen LogP contribution in [-0.4, -0.2) is 36.0 Å². The van der Waals surface area contributed by atoms with Gasteiger partial charge in [0.2, 0.25) is 0 Å². The van der Waals surface area contributed by atoms with Gasteiger partial charge in [0, 0.05) is 0 Å². The van der Waals surface area contributed by atoms with E-state index in [1.807, 2.05) is 6.07 Å². The summed E-state index contributed by atoms with van der Waals surface area (Å²) in [5.41, 5.74) is 0.487. The van der Waals surface area contributed by atoms with Gasteiger partial charge in [-0.1, -0.05) is 10.4 Å². The molecule has 0 aliphatic carbocycles. The van der Waals surface area contributed by atoms with Gasteiger partial charge in [0.15, 0.2) is 5.69 Å². The molecule has 2 aromatic rings. The maximum absolute atomic E-state index is 11.7. The highest BCUT2D eigenvalue weighted by atomic mass is 16.2. The molecule has 8 nitrogen and oxygen atoms in total. The van der Waals surface area contributed by atoms with Crippen molar-refractivity contribution in [2.75, 3.05) is 0 Å². The van der Waals surface area contributed by atoms with E-state index in [1.165, 1.54) is 12.4 Å². The van der Waals surface area contributed by atoms with E-state index in [9.17, 15) is 4.79 Å². The van der Waals surface area contributed by atoms with Crippen LogP contribution in [-0.2, 0) is 0 Å². The number of rotatable bonds is 0. The van der Waals surface area contributed by atoms with Gasteiger partial charge >= 0.3 is 6.03 Å². The predicted molar refractivity (Wildman–Crippen MR) is 45.7 cm³/mol. The Morgan fingerprint density at radius 2 is 2.33 bits per heavy atom. The Labute approximate surface area is 83.7 Å². The highest BCUT2D eigenvalue weighted by molar-refractivity contribution is 5.78. The van der Waals surface area contributed by atoms with E-state index in [2.05, 4.69) is 20.6 Å². The van der Waals surface area contributed by atoms with Gasteiger partial charge in [-0.3, -0.25) is 0 Å². The summed E-state index contributed by atoms with van der Waals surface area (Å²) in [6.45, 7) is 1.59. The first-order valence-electron chi connectivity index (χ1n) is 3.97. The summed E-state index contributed by atoms with van der Waals surface area (Å²) in [7, 11) is 0. The summed E-state index contributed by atoms with van der Waals surface area (Å²) in [5.74, 6) is 0. The van der Waals surface area contributed by atoms with Crippen LogP contribution in [0.1, 0.15) is 11.4 Å². The van der Waals surface area contributed by atoms with Crippen LogP contribution < -0.4 is 0 Å². The summed E-state index contributed by atoms with van der Waals surface area (Å²) in [4.78, 5) is 11.7. The molecular formula is C7H5N7O. The highest BCUT2D eigenvalue weighted by Crippen LogP contribution is 2.02. The molecule has 15 heavy (non-hydrogen) atoms. The molecule has 0 aliphatic heterocycles. The fraction of sp³-hybridized carbons (Fsp3) is 0.143. The molecule has 0 spiro atoms. The van der Waals surface area contributed by atoms with Gasteiger partial charge in [-0.05, 0) is 6.92 Å². The number of aromatic nitrogens is 6. The summed E-state index contributed by atoms with van der Waals surface area (Å²) in [5, 5.41) is 22.9. The van der Waals surface area contributed by atoms with Crippen LogP contribution in [0.25, 0.3) is 0 Å². The Morgan fingerprint density at radius 3 is 2.93 bits per heavy atom. The maximum Gasteiger partial charge on any atom is 0.373 e. The third kappa shape index (κ3) is 1.35. The summed E-state index contributed by atoms with van der Waals surface area (Å²) in [6.07, 6.45) is 2.72. The van der Waals surface area contributed by atoms with Crippen molar-refractivity contribution >= 4 is 6.03 Å². The van der Waals surface area contributed by atoms with Crippen LogP contribution in [0.3, 0.4) is 0 Å². The van der Waals surface area contributed by atoms with Crippen LogP contribution in [0, 0.1) is 18.3 Å². The number of carbonyl (C=O) groups is 1. The first-order chi connectivity index (χ1) is 7.24. The average molecular weight is 203 g/mol. The Morgan fingerprint density at radius 1 is 1.53 bits per heavy atom. The van der Waals surface area contributed by atoms with Crippen molar-refractivity contribution in [2.24, 2.45) is 0 Å². The van der Waals surface area contributed by atoms with Crippen molar-refractivity contribution < 1.29 is 4.79 Å². The number of hydrogen-bond acceptors (Lipinski definition) is 6. The molecular weight excluding hydrogens is 198 g/mol. The fourth-order valence-electron chi connectivity index (χ4n) is 1.03. The zero-order valence-electron chi connectivity index (χ0n) is 7.69. The SMILES string of the molecule is Cc1nnn(C(=O)n2ccnn2)c1C#N. The van der Waals surface area contributed by atoms with Gasteiger partial charge in [0.1, 0.15) is 6.07 Å². The van der Waals surface area contributed by atoms with Crippen LogP contribution >= 0.6 is 0 Å². The minimum Gasteiger partial charge on any atom is -0.243 e. The van der Waals surface area contributed by atoms with Crippen molar-refractivity contribution in [1.82, 2.24) is 30.0 Å². The lowest BCUT2D eigenvalue weighted by molar-refractivity contribution is 0.237. The van der Waals surface area contributed by atoms with Crippen molar-refractivity contribution in [1.29, 1.82) is 5.26 Å². The van der Waals surface area contributed by atoms with E-state index >= 15 is 0 Å². The van der Waals surface area contributed by atoms with Gasteiger partial charge in [-0.15, -0.1) is 14.9 Å². The van der Waals surface area contributed by atoms with Gasteiger partial charge in [0.05, 0.1) is 18.1 Å². The number of carbonyl (C=O) groups excluding carboxylic acids is 1. The van der Waals surface area contributed by atoms with Crippen molar-refractivity contribution in [3.05, 3.63) is 23.8 Å². The molecule has 0 bridgehead atoms. The molecule has 0 saturated carbocycles. The van der Waals surface area contributed by atoms with E-state index < -0.39 is 6.03 Å². The van der Waals surface area contributed by atoms with Crippen molar-refractivity contribution in [3.8, 4) is 6.07 Å². The van der Waals surface area contributed by atoms with E-state index in [-0.39, 0.29) is 5.69 Å². The Kier molecular flexibility index (Phi) is 1.98. The Bertz CT molecular complexity index is 532. The van der Waals surface area contributed by atoms with Crippen LogP contribution in [0.2, 0.25) is 0 Å². The van der Waals surface area contributed by atoms with E-state index in [4.69, 9.17) is 5.26 Å². The van der Waals surface area contributed by atoms with Gasteiger partial charge in [-0.25, -0.2) is 4.79 Å². The van der Waals surface area contributed by atoms with Crippen molar-refractivity contribution in [3.63, 3.8) is 0 Å². The molecule has 0 saturated heterocycles. The summed E-state index contributed by atoms with van der Waals surface area (Å²) in [6, 6.07) is 1.25. The molecule has 0 amide bonds. The molecule has 0 aliphatic rings. The smallest absolute Gasteiger partial charge is 0.243 e. The Hall–Kier alpha value is -2.56. The quantitative estimate of drug-likeness (QED) is 0.575. The molecule has 0 fully saturated rings. The highest BCUT2D eigenvalue weighted by Gasteiger charge is 2.17. The fourth-order valence-corrected chi connectivity index (χ4v) is 1.03. The van der Waals surface area contributed by atoms with Gasteiger partial charge < -0.3 is 0 Å². The largest absolute Gasteiger partial charge is 0.373 e. The Balaban J connectivity index is 2.48. The van der Waals surface area contributed by atoms with Crippen LogP contribution in [0.5, 0.6) is 0 Å². The van der Waals surface area contributed by atoms with E-state index in [0.29, 0.717) is 5.69 Å². The van der Waals surface area contributed by atoms with E-state index in [0.717, 1.165) is 9.36 Å². The minimum absolute atomic E-state index is 0.0931. The molecule has 0 atom stereocenters. The topological polar surface area (TPSA) is 102 Å². The summed E-state index contributed by atoms with van der Waals surface area (Å²) < 4.78 is 1.85. The molecule has 8 heteroatoms. The van der Waals surface area contributed by atoms with Crippen molar-refractivity contribution in [2.45, 2.75) is 6.92 Å². The standard InChI is InChI=1S/C7H5N7O/c1-5-6(4-8)14(12-10-5)7(15)13-3-2-9-11-13/h2-3H,1H3. The minimum atomic E-state index is -0.593. The first kappa shape index (κ1) is 9.01. The second-order valence-electron chi connectivity index (χ2n) is 2.68. The molecule has 2 rings (SSSR count). The monoisotopic (exact) mass is 203 g/mol. The number of nitriles is 1. The maximum atomic E-state index is 11.7. The second kappa shape index (κ2) is 3.30. The molecule has 0 radical (unpaired) electrons. The number of hydrogen-bond donors (Lipinski definition) is 0. The second-order valence-corrected chi connectivity index (χ2v) is 2.68. The number of nitrogens with zero attached hydrogens (tertiary/aromatic N) is 7. The normalized spacial score (nSPS) is 9.87. The van der Waals surface area contributed by atoms with Crippen LogP contribution in [0.15, 0.2) is 12.4 Å². The molecule has 0 unspecified atom stereocenters. The zero-order valence-corrected chi connectivity index (χ0v) is 7.69. The molecule has 2 heterocycles. The van der Waals surface area contributed by atoms with Gasteiger partial charge in [0.25, 0.3) is 0 Å². The molecule has 0 aromatic carbocycles. The number of aryl methyl sites for hydroxylation is 1.